The number of epoxide rings is 1. The Morgan fingerprint density at radius 2 is 1.86 bits per heavy atom. The third kappa shape index (κ3) is 16.1. The Morgan fingerprint density at radius 3 is 2.00 bits per heavy atom. The molecule has 0 radical (unpaired) electrons. The van der Waals surface area contributed by atoms with Crippen molar-refractivity contribution in [3.63, 3.8) is 0 Å². The van der Waals surface area contributed by atoms with Gasteiger partial charge in [-0.05, 0) is 12.0 Å². The molecule has 1 aliphatic rings. The number of ether oxygens (including phenoxy) is 2. The number of hydrogen-bond acceptors (Lipinski definition) is 3. The van der Waals surface area contributed by atoms with Crippen LogP contribution >= 0.6 is 0 Å². The quantitative estimate of drug-likeness (QED) is 0.468. The molecule has 2 rings (SSSR count). The molecule has 118 valence electrons. The fourth-order valence-corrected chi connectivity index (χ4v) is 0.976. The monoisotopic (exact) mass is 292 g/mol. The number of carbonyl (C=O) groups is 1. The van der Waals surface area contributed by atoms with Gasteiger partial charge in [-0.3, -0.25) is 0 Å². The maximum Gasteiger partial charge on any atom is 0.329 e. The smallest absolute Gasteiger partial charge is 0.329 e. The number of carbonyl (C=O) groups excluding carboxylic acids is 1. The van der Waals surface area contributed by atoms with Gasteiger partial charge in [0.15, 0.2) is 0 Å². The summed E-state index contributed by atoms with van der Waals surface area (Å²) in [6, 6.07) is 10.0. The zero-order valence-corrected chi connectivity index (χ0v) is 13.7. The zero-order chi connectivity index (χ0) is 16.5. The lowest BCUT2D eigenvalue weighted by atomic mass is 10.2. The summed E-state index contributed by atoms with van der Waals surface area (Å²) in [4.78, 5) is 9.84. The molecule has 0 aliphatic carbocycles. The Morgan fingerprint density at radius 1 is 1.33 bits per heavy atom. The molecular formula is C18H28O3. The minimum absolute atomic E-state index is 0.394. The highest BCUT2D eigenvalue weighted by molar-refractivity contribution is 5.80. The highest BCUT2D eigenvalue weighted by atomic mass is 16.6. The fraction of sp³-hybridized carbons (Fsp3) is 0.389. The van der Waals surface area contributed by atoms with Gasteiger partial charge in [0, 0.05) is 6.08 Å². The standard InChI is InChI=1S/C8H8.C4H6O2.C4H8O.C2H6/c1-2-8-6-4-3-5-7-8;1-3-4(5)6-2;1-2-4-3-5-4;1-2/h2-7H,1H2;3H,1H2,2H3;4H,2-3H2,1H3;1-2H3. The average molecular weight is 292 g/mol. The topological polar surface area (TPSA) is 38.8 Å². The predicted octanol–water partition coefficient (Wildman–Crippen LogP) is 4.50. The van der Waals surface area contributed by atoms with E-state index < -0.39 is 5.97 Å². The van der Waals surface area contributed by atoms with Crippen LogP contribution in [-0.4, -0.2) is 25.8 Å². The first kappa shape index (κ1) is 21.4. The van der Waals surface area contributed by atoms with Crippen LogP contribution in [0.3, 0.4) is 0 Å². The van der Waals surface area contributed by atoms with Crippen molar-refractivity contribution in [1.29, 1.82) is 0 Å². The van der Waals surface area contributed by atoms with Gasteiger partial charge >= 0.3 is 5.97 Å². The molecule has 1 heterocycles. The summed E-state index contributed by atoms with van der Waals surface area (Å²) in [6.07, 6.45) is 4.77. The number of esters is 1. The van der Waals surface area contributed by atoms with Gasteiger partial charge in [0.05, 0.1) is 19.8 Å². The second-order valence-electron chi connectivity index (χ2n) is 3.71. The van der Waals surface area contributed by atoms with Gasteiger partial charge in [-0.2, -0.15) is 0 Å². The van der Waals surface area contributed by atoms with Crippen molar-refractivity contribution in [3.05, 3.63) is 55.1 Å². The Balaban J connectivity index is 0. The molecule has 0 bridgehead atoms. The van der Waals surface area contributed by atoms with Crippen LogP contribution in [0.25, 0.3) is 6.08 Å². The molecule has 0 N–H and O–H groups in total. The van der Waals surface area contributed by atoms with E-state index in [0.717, 1.165) is 12.7 Å². The zero-order valence-electron chi connectivity index (χ0n) is 13.7. The molecule has 1 unspecified atom stereocenters. The summed E-state index contributed by atoms with van der Waals surface area (Å²) >= 11 is 0. The van der Waals surface area contributed by atoms with Crippen LogP contribution in [0.5, 0.6) is 0 Å². The molecule has 1 saturated heterocycles. The van der Waals surface area contributed by atoms with Crippen molar-refractivity contribution < 1.29 is 14.3 Å². The van der Waals surface area contributed by atoms with Crippen molar-refractivity contribution in [3.8, 4) is 0 Å². The number of methoxy groups -OCH3 is 1. The molecule has 21 heavy (non-hydrogen) atoms. The number of rotatable bonds is 3. The van der Waals surface area contributed by atoms with E-state index in [4.69, 9.17) is 4.74 Å². The van der Waals surface area contributed by atoms with Crippen LogP contribution in [0.2, 0.25) is 0 Å². The molecule has 1 aromatic rings. The maximum atomic E-state index is 9.84. The van der Waals surface area contributed by atoms with Gasteiger partial charge < -0.3 is 9.47 Å². The average Bonchev–Trinajstić information content (AvgIpc) is 3.42. The second kappa shape index (κ2) is 16.2. The Hall–Kier alpha value is -1.87. The lowest BCUT2D eigenvalue weighted by Crippen LogP contribution is -1.91. The minimum atomic E-state index is -0.394. The first-order valence-corrected chi connectivity index (χ1v) is 7.17. The molecule has 3 heteroatoms. The van der Waals surface area contributed by atoms with Gasteiger partial charge in [0.1, 0.15) is 0 Å². The van der Waals surface area contributed by atoms with Crippen molar-refractivity contribution >= 4 is 12.0 Å². The van der Waals surface area contributed by atoms with E-state index in [9.17, 15) is 4.79 Å². The number of hydrogen-bond donors (Lipinski definition) is 0. The van der Waals surface area contributed by atoms with Gasteiger partial charge in [-0.1, -0.05) is 70.3 Å². The van der Waals surface area contributed by atoms with E-state index in [0.29, 0.717) is 6.10 Å². The van der Waals surface area contributed by atoms with E-state index >= 15 is 0 Å². The lowest BCUT2D eigenvalue weighted by Gasteiger charge is -1.85. The van der Waals surface area contributed by atoms with E-state index in [2.05, 4.69) is 24.8 Å². The van der Waals surface area contributed by atoms with Gasteiger partial charge in [0.25, 0.3) is 0 Å². The fourth-order valence-electron chi connectivity index (χ4n) is 0.976. The molecule has 3 nitrogen and oxygen atoms in total. The molecule has 0 aromatic heterocycles. The summed E-state index contributed by atoms with van der Waals surface area (Å²) in [5.74, 6) is -0.394. The highest BCUT2D eigenvalue weighted by Crippen LogP contribution is 2.10. The van der Waals surface area contributed by atoms with Crippen LogP contribution in [0.4, 0.5) is 0 Å². The van der Waals surface area contributed by atoms with Crippen LogP contribution < -0.4 is 0 Å². The van der Waals surface area contributed by atoms with Gasteiger partial charge in [-0.15, -0.1) is 0 Å². The SMILES string of the molecule is C=CC(=O)OC.C=Cc1ccccc1.CC.CCC1CO1. The maximum absolute atomic E-state index is 9.84. The number of benzene rings is 1. The third-order valence-electron chi connectivity index (χ3n) is 2.26. The van der Waals surface area contributed by atoms with Crippen molar-refractivity contribution in [2.45, 2.75) is 33.3 Å². The van der Waals surface area contributed by atoms with E-state index in [-0.39, 0.29) is 0 Å². The summed E-state index contributed by atoms with van der Waals surface area (Å²) < 4.78 is 9.00. The lowest BCUT2D eigenvalue weighted by molar-refractivity contribution is -0.134. The first-order chi connectivity index (χ1) is 10.2. The van der Waals surface area contributed by atoms with Crippen molar-refractivity contribution in [1.82, 2.24) is 0 Å². The molecule has 0 saturated carbocycles. The minimum Gasteiger partial charge on any atom is -0.466 e. The first-order valence-electron chi connectivity index (χ1n) is 7.17. The van der Waals surface area contributed by atoms with Crippen LogP contribution in [0.1, 0.15) is 32.8 Å². The largest absolute Gasteiger partial charge is 0.466 e. The van der Waals surface area contributed by atoms with Crippen LogP contribution in [0.15, 0.2) is 49.6 Å². The predicted molar refractivity (Wildman–Crippen MR) is 90.1 cm³/mol. The van der Waals surface area contributed by atoms with Gasteiger partial charge in [0.2, 0.25) is 0 Å². The molecule has 1 aliphatic heterocycles. The van der Waals surface area contributed by atoms with E-state index in [1.807, 2.05) is 50.3 Å². The van der Waals surface area contributed by atoms with E-state index in [1.165, 1.54) is 19.1 Å². The molecule has 0 spiro atoms. The summed E-state index contributed by atoms with van der Waals surface area (Å²) in [5, 5.41) is 0. The highest BCUT2D eigenvalue weighted by Gasteiger charge is 2.18. The van der Waals surface area contributed by atoms with Crippen LogP contribution in [0, 0.1) is 0 Å². The van der Waals surface area contributed by atoms with Crippen LogP contribution in [-0.2, 0) is 14.3 Å². The molecular weight excluding hydrogens is 264 g/mol. The summed E-state index contributed by atoms with van der Waals surface area (Å²) in [5.41, 5.74) is 1.17. The molecule has 1 aromatic carbocycles. The molecule has 0 amide bonds. The normalized spacial score (nSPS) is 13.6. The Kier molecular flexibility index (Phi) is 16.5. The molecule has 1 fully saturated rings. The van der Waals surface area contributed by atoms with E-state index in [1.54, 1.807) is 0 Å². The second-order valence-corrected chi connectivity index (χ2v) is 3.71. The molecule has 1 atom stereocenters. The van der Waals surface area contributed by atoms with Crippen molar-refractivity contribution in [2.24, 2.45) is 0 Å². The Labute approximate surface area is 129 Å². The van der Waals surface area contributed by atoms with Gasteiger partial charge in [-0.25, -0.2) is 4.79 Å². The van der Waals surface area contributed by atoms with Crippen molar-refractivity contribution in [2.75, 3.05) is 13.7 Å². The summed E-state index contributed by atoms with van der Waals surface area (Å²) in [7, 11) is 1.31. The third-order valence-corrected chi connectivity index (χ3v) is 2.26. The Bertz CT molecular complexity index is 367. The summed E-state index contributed by atoms with van der Waals surface area (Å²) in [6.45, 7) is 13.9.